The van der Waals surface area contributed by atoms with Crippen molar-refractivity contribution >= 4 is 23.2 Å². The number of halogens is 1. The van der Waals surface area contributed by atoms with Gasteiger partial charge in [-0.15, -0.1) is 0 Å². The molecule has 0 aliphatic carbocycles. The Hall–Kier alpha value is -3.27. The Morgan fingerprint density at radius 1 is 1.24 bits per heavy atom. The summed E-state index contributed by atoms with van der Waals surface area (Å²) in [5.74, 6) is 1.35. The average molecular weight is 454 g/mol. The number of ether oxygens (including phenoxy) is 1. The Balaban J connectivity index is 1.33. The summed E-state index contributed by atoms with van der Waals surface area (Å²) in [5, 5.41) is 6.07. The smallest absolute Gasteiger partial charge is 0.262 e. The van der Waals surface area contributed by atoms with Crippen LogP contribution in [0.2, 0.25) is 0 Å². The van der Waals surface area contributed by atoms with E-state index in [0.29, 0.717) is 23.9 Å². The van der Waals surface area contributed by atoms with Crippen molar-refractivity contribution < 1.29 is 13.9 Å². The zero-order valence-electron chi connectivity index (χ0n) is 18.8. The van der Waals surface area contributed by atoms with Gasteiger partial charge in [0.2, 0.25) is 11.8 Å². The molecule has 2 fully saturated rings. The molecule has 174 valence electrons. The monoisotopic (exact) mass is 453 g/mol. The summed E-state index contributed by atoms with van der Waals surface area (Å²) >= 11 is 0. The van der Waals surface area contributed by atoms with Crippen molar-refractivity contribution in [1.29, 1.82) is 0 Å². The lowest BCUT2D eigenvalue weighted by Gasteiger charge is -2.40. The van der Waals surface area contributed by atoms with Crippen LogP contribution in [0.1, 0.15) is 35.8 Å². The number of nitrogens with one attached hydrogen (secondary N) is 2. The zero-order chi connectivity index (χ0) is 22.9. The first kappa shape index (κ1) is 21.6. The number of aromatic nitrogens is 4. The molecular formula is C23H28FN7O2. The minimum atomic E-state index is -0.515. The molecule has 0 bridgehead atoms. The van der Waals surface area contributed by atoms with E-state index >= 15 is 0 Å². The highest BCUT2D eigenvalue weighted by molar-refractivity contribution is 6.05. The maximum Gasteiger partial charge on any atom is 0.262 e. The maximum atomic E-state index is 14.4. The molecule has 2 saturated heterocycles. The fourth-order valence-electron chi connectivity index (χ4n) is 4.57. The second-order valence-corrected chi connectivity index (χ2v) is 8.71. The molecule has 0 saturated carbocycles. The highest BCUT2D eigenvalue weighted by Gasteiger charge is 2.31. The fourth-order valence-corrected chi connectivity index (χ4v) is 4.57. The first-order valence-electron chi connectivity index (χ1n) is 11.4. The molecule has 1 amide bonds. The van der Waals surface area contributed by atoms with Gasteiger partial charge in [-0.2, -0.15) is 4.98 Å². The number of imidazole rings is 1. The Bertz CT molecular complexity index is 1170. The van der Waals surface area contributed by atoms with Gasteiger partial charge in [0, 0.05) is 37.7 Å². The number of fused-ring (bicyclic) bond motifs is 1. The molecule has 2 N–H and O–H groups in total. The van der Waals surface area contributed by atoms with E-state index in [-0.39, 0.29) is 17.1 Å². The number of pyridine rings is 1. The number of hydrogen-bond donors (Lipinski definition) is 2. The normalized spacial score (nSPS) is 17.2. The highest BCUT2D eigenvalue weighted by Crippen LogP contribution is 2.30. The van der Waals surface area contributed by atoms with Gasteiger partial charge in [-0.05, 0) is 51.6 Å². The molecule has 10 heteroatoms. The summed E-state index contributed by atoms with van der Waals surface area (Å²) in [7, 11) is 0. The standard InChI is InChI=1S/C23H28FN7O2/c1-3-33-22-18(21(32)28-17-8-19(24)20-27-14(2)12-31(20)13-17)11-26-23(29-22)30-6-4-15(5-7-30)16-9-25-10-16/h8,11-13,15-16,25H,3-7,9-10H2,1-2H3,(H,28,32). The van der Waals surface area contributed by atoms with Crippen LogP contribution in [0.3, 0.4) is 0 Å². The lowest BCUT2D eigenvalue weighted by Crippen LogP contribution is -2.49. The van der Waals surface area contributed by atoms with Gasteiger partial charge in [0.25, 0.3) is 5.91 Å². The first-order chi connectivity index (χ1) is 16.0. The Kier molecular flexibility index (Phi) is 5.84. The van der Waals surface area contributed by atoms with Crippen LogP contribution in [0.15, 0.2) is 24.7 Å². The first-order valence-corrected chi connectivity index (χ1v) is 11.4. The third-order valence-electron chi connectivity index (χ3n) is 6.45. The van der Waals surface area contributed by atoms with Gasteiger partial charge in [0.15, 0.2) is 11.5 Å². The van der Waals surface area contributed by atoms with Crippen LogP contribution < -0.4 is 20.3 Å². The lowest BCUT2D eigenvalue weighted by molar-refractivity contribution is 0.102. The van der Waals surface area contributed by atoms with E-state index < -0.39 is 11.7 Å². The second kappa shape index (κ2) is 8.93. The molecule has 0 unspecified atom stereocenters. The van der Waals surface area contributed by atoms with Gasteiger partial charge in [-0.3, -0.25) is 4.79 Å². The summed E-state index contributed by atoms with van der Waals surface area (Å²) < 4.78 is 21.6. The quantitative estimate of drug-likeness (QED) is 0.592. The van der Waals surface area contributed by atoms with E-state index in [1.165, 1.54) is 12.3 Å². The Morgan fingerprint density at radius 2 is 2.03 bits per heavy atom. The van der Waals surface area contributed by atoms with E-state index in [2.05, 4.69) is 30.5 Å². The van der Waals surface area contributed by atoms with E-state index in [0.717, 1.165) is 50.9 Å². The predicted molar refractivity (Wildman–Crippen MR) is 122 cm³/mol. The minimum Gasteiger partial charge on any atom is -0.477 e. The molecule has 33 heavy (non-hydrogen) atoms. The van der Waals surface area contributed by atoms with Crippen molar-refractivity contribution in [1.82, 2.24) is 24.7 Å². The van der Waals surface area contributed by atoms with E-state index in [1.54, 1.807) is 23.7 Å². The summed E-state index contributed by atoms with van der Waals surface area (Å²) in [5.41, 5.74) is 1.42. The molecule has 0 radical (unpaired) electrons. The van der Waals surface area contributed by atoms with Crippen molar-refractivity contribution in [2.75, 3.05) is 43.0 Å². The van der Waals surface area contributed by atoms with Gasteiger partial charge in [-0.1, -0.05) is 0 Å². The Morgan fingerprint density at radius 3 is 2.73 bits per heavy atom. The average Bonchev–Trinajstić information content (AvgIpc) is 3.14. The summed E-state index contributed by atoms with van der Waals surface area (Å²) in [6, 6.07) is 1.25. The molecule has 0 spiro atoms. The van der Waals surface area contributed by atoms with Crippen molar-refractivity contribution in [2.45, 2.75) is 26.7 Å². The third-order valence-corrected chi connectivity index (χ3v) is 6.45. The third kappa shape index (κ3) is 4.35. The second-order valence-electron chi connectivity index (χ2n) is 8.71. The van der Waals surface area contributed by atoms with Crippen LogP contribution in [-0.4, -0.2) is 58.0 Å². The topological polar surface area (TPSA) is 96.7 Å². The summed E-state index contributed by atoms with van der Waals surface area (Å²) in [6.45, 7) is 8.01. The van der Waals surface area contributed by atoms with Crippen molar-refractivity contribution in [3.8, 4) is 5.88 Å². The van der Waals surface area contributed by atoms with E-state index in [1.807, 2.05) is 6.92 Å². The van der Waals surface area contributed by atoms with Crippen LogP contribution >= 0.6 is 0 Å². The van der Waals surface area contributed by atoms with Crippen LogP contribution in [-0.2, 0) is 0 Å². The highest BCUT2D eigenvalue weighted by atomic mass is 19.1. The number of hydrogen-bond acceptors (Lipinski definition) is 7. The number of carbonyl (C=O) groups is 1. The number of nitrogens with zero attached hydrogens (tertiary/aromatic N) is 5. The molecule has 3 aromatic rings. The van der Waals surface area contributed by atoms with Crippen LogP contribution in [0, 0.1) is 24.6 Å². The maximum absolute atomic E-state index is 14.4. The molecule has 0 atom stereocenters. The van der Waals surface area contributed by atoms with Gasteiger partial charge in [0.1, 0.15) is 5.56 Å². The van der Waals surface area contributed by atoms with Crippen LogP contribution in [0.25, 0.3) is 5.65 Å². The predicted octanol–water partition coefficient (Wildman–Crippen LogP) is 2.66. The number of amides is 1. The van der Waals surface area contributed by atoms with Crippen molar-refractivity contribution in [2.24, 2.45) is 11.8 Å². The number of aryl methyl sites for hydroxylation is 1. The van der Waals surface area contributed by atoms with E-state index in [4.69, 9.17) is 4.74 Å². The van der Waals surface area contributed by atoms with E-state index in [9.17, 15) is 9.18 Å². The number of anilines is 2. The number of carbonyl (C=O) groups excluding carboxylic acids is 1. The van der Waals surface area contributed by atoms with Crippen LogP contribution in [0.5, 0.6) is 5.88 Å². The van der Waals surface area contributed by atoms with Crippen molar-refractivity contribution in [3.63, 3.8) is 0 Å². The molecule has 9 nitrogen and oxygen atoms in total. The SMILES string of the molecule is CCOc1nc(N2CCC(C3CNC3)CC2)ncc1C(=O)Nc1cc(F)c2nc(C)cn2c1. The summed E-state index contributed by atoms with van der Waals surface area (Å²) in [4.78, 5) is 28.3. The fraction of sp³-hybridized carbons (Fsp3) is 0.478. The van der Waals surface area contributed by atoms with Gasteiger partial charge in [-0.25, -0.2) is 14.4 Å². The number of rotatable bonds is 6. The zero-order valence-corrected chi connectivity index (χ0v) is 18.8. The van der Waals surface area contributed by atoms with Crippen LogP contribution in [0.4, 0.5) is 16.0 Å². The number of piperidine rings is 1. The van der Waals surface area contributed by atoms with Crippen molar-refractivity contribution in [3.05, 3.63) is 41.7 Å². The van der Waals surface area contributed by atoms with Gasteiger partial charge < -0.3 is 24.7 Å². The molecule has 5 rings (SSSR count). The minimum absolute atomic E-state index is 0.207. The summed E-state index contributed by atoms with van der Waals surface area (Å²) in [6.07, 6.45) is 7.03. The molecule has 0 aromatic carbocycles. The Labute approximate surface area is 191 Å². The molecule has 2 aliphatic rings. The van der Waals surface area contributed by atoms with Gasteiger partial charge >= 0.3 is 0 Å². The molecule has 5 heterocycles. The molecular weight excluding hydrogens is 425 g/mol. The molecule has 3 aromatic heterocycles. The molecule has 2 aliphatic heterocycles. The van der Waals surface area contributed by atoms with Gasteiger partial charge in [0.05, 0.1) is 18.0 Å². The largest absolute Gasteiger partial charge is 0.477 e. The lowest BCUT2D eigenvalue weighted by atomic mass is 9.81.